The van der Waals surface area contributed by atoms with Crippen molar-refractivity contribution in [3.63, 3.8) is 0 Å². The van der Waals surface area contributed by atoms with Gasteiger partial charge in [0.2, 0.25) is 0 Å². The number of benzene rings is 1. The number of aliphatic hydroxyl groups excluding tert-OH is 1. The Morgan fingerprint density at radius 3 is 2.70 bits per heavy atom. The van der Waals surface area contributed by atoms with Gasteiger partial charge < -0.3 is 19.9 Å². The number of hydrogen-bond donors (Lipinski definition) is 2. The van der Waals surface area contributed by atoms with Gasteiger partial charge in [0.25, 0.3) is 0 Å². The first-order chi connectivity index (χ1) is 9.66. The van der Waals surface area contributed by atoms with Crippen LogP contribution >= 0.6 is 0 Å². The highest BCUT2D eigenvalue weighted by Gasteiger charge is 2.31. The number of hydrogen-bond acceptors (Lipinski definition) is 4. The summed E-state index contributed by atoms with van der Waals surface area (Å²) in [5.41, 5.74) is 1.31. The Hall–Kier alpha value is -1.26. The molecule has 110 valence electrons. The Morgan fingerprint density at radius 1 is 1.25 bits per heavy atom. The largest absolute Gasteiger partial charge is 0.486 e. The van der Waals surface area contributed by atoms with Crippen molar-refractivity contribution in [1.82, 2.24) is 5.32 Å². The van der Waals surface area contributed by atoms with E-state index in [1.54, 1.807) is 0 Å². The van der Waals surface area contributed by atoms with Gasteiger partial charge in [0.15, 0.2) is 11.5 Å². The zero-order valence-electron chi connectivity index (χ0n) is 12.0. The van der Waals surface area contributed by atoms with E-state index in [4.69, 9.17) is 9.47 Å². The Labute approximate surface area is 120 Å². The number of nitrogens with one attached hydrogen (secondary N) is 1. The smallest absolute Gasteiger partial charge is 0.161 e. The van der Waals surface area contributed by atoms with E-state index in [-0.39, 0.29) is 0 Å². The third-order valence-corrected chi connectivity index (χ3v) is 4.40. The second-order valence-corrected chi connectivity index (χ2v) is 6.21. The van der Waals surface area contributed by atoms with Gasteiger partial charge in [0.05, 0.1) is 6.10 Å². The topological polar surface area (TPSA) is 50.7 Å². The van der Waals surface area contributed by atoms with Gasteiger partial charge in [0.1, 0.15) is 13.2 Å². The predicted molar refractivity (Wildman–Crippen MR) is 77.2 cm³/mol. The van der Waals surface area contributed by atoms with E-state index in [0.717, 1.165) is 23.6 Å². The van der Waals surface area contributed by atoms with Crippen molar-refractivity contribution in [2.24, 2.45) is 5.41 Å². The summed E-state index contributed by atoms with van der Waals surface area (Å²) in [6.45, 7) is 5.03. The number of fused-ring (bicyclic) bond motifs is 1. The minimum Gasteiger partial charge on any atom is -0.486 e. The van der Waals surface area contributed by atoms with Crippen LogP contribution in [0.5, 0.6) is 11.5 Å². The quantitative estimate of drug-likeness (QED) is 0.867. The summed E-state index contributed by atoms with van der Waals surface area (Å²) in [5.74, 6) is 1.50. The second-order valence-electron chi connectivity index (χ2n) is 6.21. The van der Waals surface area contributed by atoms with Gasteiger partial charge >= 0.3 is 0 Å². The van der Waals surface area contributed by atoms with Crippen LogP contribution in [0.1, 0.15) is 37.9 Å². The summed E-state index contributed by atoms with van der Waals surface area (Å²) in [6.07, 6.45) is 3.41. The highest BCUT2D eigenvalue weighted by Crippen LogP contribution is 2.39. The number of aliphatic hydroxyl groups is 1. The van der Waals surface area contributed by atoms with Crippen LogP contribution in [0.15, 0.2) is 18.2 Å². The molecule has 0 radical (unpaired) electrons. The van der Waals surface area contributed by atoms with Gasteiger partial charge in [0, 0.05) is 13.1 Å². The molecular weight excluding hydrogens is 254 g/mol. The molecule has 1 aromatic rings. The van der Waals surface area contributed by atoms with Crippen LogP contribution in [-0.4, -0.2) is 31.4 Å². The Kier molecular flexibility index (Phi) is 3.85. The van der Waals surface area contributed by atoms with Crippen molar-refractivity contribution in [1.29, 1.82) is 0 Å². The van der Waals surface area contributed by atoms with Crippen molar-refractivity contribution in [2.75, 3.05) is 26.3 Å². The standard InChI is InChI=1S/C16H23NO3/c1-16(5-2-6-16)11-17-10-13(18)12-3-4-14-15(9-12)20-8-7-19-14/h3-4,9,13,17-18H,2,5-8,10-11H2,1H3. The summed E-state index contributed by atoms with van der Waals surface area (Å²) in [5, 5.41) is 13.6. The molecule has 1 atom stereocenters. The molecule has 1 aliphatic carbocycles. The van der Waals surface area contributed by atoms with E-state index in [1.807, 2.05) is 18.2 Å². The van der Waals surface area contributed by atoms with Gasteiger partial charge in [-0.3, -0.25) is 0 Å². The fourth-order valence-corrected chi connectivity index (χ4v) is 2.85. The monoisotopic (exact) mass is 277 g/mol. The maximum absolute atomic E-state index is 10.3. The molecule has 2 N–H and O–H groups in total. The Morgan fingerprint density at radius 2 is 2.00 bits per heavy atom. The van der Waals surface area contributed by atoms with E-state index in [9.17, 15) is 5.11 Å². The third-order valence-electron chi connectivity index (χ3n) is 4.40. The first-order valence-corrected chi connectivity index (χ1v) is 7.45. The van der Waals surface area contributed by atoms with Gasteiger partial charge in [-0.25, -0.2) is 0 Å². The molecule has 1 aromatic carbocycles. The highest BCUT2D eigenvalue weighted by atomic mass is 16.6. The molecule has 0 amide bonds. The molecule has 1 saturated carbocycles. The molecule has 20 heavy (non-hydrogen) atoms. The average molecular weight is 277 g/mol. The minimum atomic E-state index is -0.505. The molecule has 0 spiro atoms. The van der Waals surface area contributed by atoms with Crippen LogP contribution in [-0.2, 0) is 0 Å². The van der Waals surface area contributed by atoms with E-state index in [0.29, 0.717) is 25.2 Å². The Bertz CT molecular complexity index is 471. The first-order valence-electron chi connectivity index (χ1n) is 7.45. The summed E-state index contributed by atoms with van der Waals surface area (Å²) in [6, 6.07) is 5.66. The molecule has 3 rings (SSSR count). The third kappa shape index (κ3) is 2.91. The highest BCUT2D eigenvalue weighted by molar-refractivity contribution is 5.44. The zero-order chi connectivity index (χ0) is 14.0. The van der Waals surface area contributed by atoms with Gasteiger partial charge in [-0.15, -0.1) is 0 Å². The molecule has 0 saturated heterocycles. The molecule has 0 aromatic heterocycles. The maximum atomic E-state index is 10.3. The molecule has 4 nitrogen and oxygen atoms in total. The SMILES string of the molecule is CC1(CNCC(O)c2ccc3c(c2)OCCO3)CCC1. The fourth-order valence-electron chi connectivity index (χ4n) is 2.85. The van der Waals surface area contributed by atoms with Gasteiger partial charge in [-0.2, -0.15) is 0 Å². The van der Waals surface area contributed by atoms with Crippen molar-refractivity contribution >= 4 is 0 Å². The van der Waals surface area contributed by atoms with Crippen LogP contribution in [0.25, 0.3) is 0 Å². The second kappa shape index (κ2) is 5.62. The lowest BCUT2D eigenvalue weighted by Gasteiger charge is -2.38. The van der Waals surface area contributed by atoms with E-state index >= 15 is 0 Å². The fraction of sp³-hybridized carbons (Fsp3) is 0.625. The summed E-state index contributed by atoms with van der Waals surface area (Å²) < 4.78 is 11.0. The Balaban J connectivity index is 1.55. The summed E-state index contributed by atoms with van der Waals surface area (Å²) >= 11 is 0. The number of ether oxygens (including phenoxy) is 2. The molecule has 1 heterocycles. The van der Waals surface area contributed by atoms with E-state index in [1.165, 1.54) is 19.3 Å². The lowest BCUT2D eigenvalue weighted by atomic mass is 9.70. The van der Waals surface area contributed by atoms with Crippen molar-refractivity contribution < 1.29 is 14.6 Å². The maximum Gasteiger partial charge on any atom is 0.161 e. The van der Waals surface area contributed by atoms with Crippen molar-refractivity contribution in [3.05, 3.63) is 23.8 Å². The molecule has 1 fully saturated rings. The molecule has 0 bridgehead atoms. The minimum absolute atomic E-state index is 0.437. The van der Waals surface area contributed by atoms with Crippen LogP contribution in [0.4, 0.5) is 0 Å². The van der Waals surface area contributed by atoms with Crippen molar-refractivity contribution in [2.45, 2.75) is 32.3 Å². The molecule has 2 aliphatic rings. The van der Waals surface area contributed by atoms with Gasteiger partial charge in [-0.05, 0) is 36.0 Å². The van der Waals surface area contributed by atoms with Crippen LogP contribution in [0.3, 0.4) is 0 Å². The number of rotatable bonds is 5. The molecule has 1 aliphatic heterocycles. The van der Waals surface area contributed by atoms with Gasteiger partial charge in [-0.1, -0.05) is 19.4 Å². The lowest BCUT2D eigenvalue weighted by molar-refractivity contribution is 0.132. The molecular formula is C16H23NO3. The van der Waals surface area contributed by atoms with Crippen LogP contribution < -0.4 is 14.8 Å². The normalized spacial score (nSPS) is 21.1. The predicted octanol–water partition coefficient (Wildman–Crippen LogP) is 2.27. The molecule has 4 heteroatoms. The average Bonchev–Trinajstić information content (AvgIpc) is 2.45. The van der Waals surface area contributed by atoms with Crippen molar-refractivity contribution in [3.8, 4) is 11.5 Å². The zero-order valence-corrected chi connectivity index (χ0v) is 12.0. The lowest BCUT2D eigenvalue weighted by Crippen LogP contribution is -2.38. The van der Waals surface area contributed by atoms with Crippen LogP contribution in [0, 0.1) is 5.41 Å². The molecule has 1 unspecified atom stereocenters. The first kappa shape index (κ1) is 13.7. The summed E-state index contributed by atoms with van der Waals surface area (Å²) in [7, 11) is 0. The van der Waals surface area contributed by atoms with E-state index < -0.39 is 6.10 Å². The van der Waals surface area contributed by atoms with E-state index in [2.05, 4.69) is 12.2 Å². The summed E-state index contributed by atoms with van der Waals surface area (Å²) in [4.78, 5) is 0. The van der Waals surface area contributed by atoms with Crippen LogP contribution in [0.2, 0.25) is 0 Å².